The van der Waals surface area contributed by atoms with Gasteiger partial charge in [0, 0.05) is 11.8 Å². The van der Waals surface area contributed by atoms with E-state index < -0.39 is 52.2 Å². The minimum absolute atomic E-state index is 0.0922. The van der Waals surface area contributed by atoms with Gasteiger partial charge in [-0.2, -0.15) is 26.3 Å². The fourth-order valence-corrected chi connectivity index (χ4v) is 1.92. The lowest BCUT2D eigenvalue weighted by molar-refractivity contribution is -0.143. The number of alkyl halides is 6. The second kappa shape index (κ2) is 6.26. The standard InChI is InChI=1S/C15H8F7NO2/c16-9-1-2-11(12(24)6-9)13(25)23-10-4-7(14(17,18)19)3-8(5-10)15(20,21)22/h1-6,24H,(H,23,25). The average molecular weight is 367 g/mol. The molecule has 0 saturated carbocycles. The maximum atomic E-state index is 12.9. The second-order valence-electron chi connectivity index (χ2n) is 4.91. The molecule has 1 amide bonds. The smallest absolute Gasteiger partial charge is 0.416 e. The molecule has 0 unspecified atom stereocenters. The summed E-state index contributed by atoms with van der Waals surface area (Å²) in [5.74, 6) is -2.90. The monoisotopic (exact) mass is 367 g/mol. The van der Waals surface area contributed by atoms with E-state index in [1.54, 1.807) is 0 Å². The molecule has 0 aliphatic rings. The molecule has 0 aliphatic carbocycles. The molecule has 0 atom stereocenters. The number of halogens is 7. The Morgan fingerprint density at radius 3 is 1.84 bits per heavy atom. The van der Waals surface area contributed by atoms with Gasteiger partial charge in [0.05, 0.1) is 16.7 Å². The zero-order valence-corrected chi connectivity index (χ0v) is 12.0. The number of amides is 1. The largest absolute Gasteiger partial charge is 0.507 e. The number of phenols is 1. The molecular formula is C15H8F7NO2. The van der Waals surface area contributed by atoms with Crippen molar-refractivity contribution in [3.8, 4) is 5.75 Å². The van der Waals surface area contributed by atoms with Gasteiger partial charge < -0.3 is 10.4 Å². The molecule has 10 heteroatoms. The number of carbonyl (C=O) groups is 1. The molecule has 2 aromatic carbocycles. The highest BCUT2D eigenvalue weighted by Gasteiger charge is 2.37. The van der Waals surface area contributed by atoms with Gasteiger partial charge in [0.15, 0.2) is 0 Å². The van der Waals surface area contributed by atoms with E-state index in [0.717, 1.165) is 12.1 Å². The van der Waals surface area contributed by atoms with Crippen LogP contribution < -0.4 is 5.32 Å². The van der Waals surface area contributed by atoms with Gasteiger partial charge in [-0.25, -0.2) is 4.39 Å². The number of aromatic hydroxyl groups is 1. The van der Waals surface area contributed by atoms with Gasteiger partial charge in [0.1, 0.15) is 11.6 Å². The lowest BCUT2D eigenvalue weighted by atomic mass is 10.1. The first-order chi connectivity index (χ1) is 11.4. The molecule has 2 rings (SSSR count). The van der Waals surface area contributed by atoms with Crippen molar-refractivity contribution in [2.45, 2.75) is 12.4 Å². The Balaban J connectivity index is 2.43. The minimum Gasteiger partial charge on any atom is -0.507 e. The Morgan fingerprint density at radius 2 is 1.40 bits per heavy atom. The topological polar surface area (TPSA) is 49.3 Å². The van der Waals surface area contributed by atoms with Crippen molar-refractivity contribution in [2.75, 3.05) is 5.32 Å². The van der Waals surface area contributed by atoms with Crippen LogP contribution in [0.15, 0.2) is 36.4 Å². The van der Waals surface area contributed by atoms with Crippen LogP contribution in [0.2, 0.25) is 0 Å². The maximum absolute atomic E-state index is 12.9. The molecule has 134 valence electrons. The van der Waals surface area contributed by atoms with Gasteiger partial charge in [-0.15, -0.1) is 0 Å². The van der Waals surface area contributed by atoms with Gasteiger partial charge in [-0.05, 0) is 30.3 Å². The van der Waals surface area contributed by atoms with Crippen molar-refractivity contribution in [2.24, 2.45) is 0 Å². The summed E-state index contributed by atoms with van der Waals surface area (Å²) in [5.41, 5.74) is -4.52. The number of nitrogens with one attached hydrogen (secondary N) is 1. The highest BCUT2D eigenvalue weighted by molar-refractivity contribution is 6.06. The summed E-state index contributed by atoms with van der Waals surface area (Å²) < 4.78 is 89.3. The first-order valence-electron chi connectivity index (χ1n) is 6.47. The molecule has 0 saturated heterocycles. The molecule has 2 N–H and O–H groups in total. The Hall–Kier alpha value is -2.78. The number of hydrogen-bond donors (Lipinski definition) is 2. The predicted molar refractivity (Wildman–Crippen MR) is 72.5 cm³/mol. The highest BCUT2D eigenvalue weighted by Crippen LogP contribution is 2.37. The van der Waals surface area contributed by atoms with E-state index in [1.807, 2.05) is 5.32 Å². The number of benzene rings is 2. The van der Waals surface area contributed by atoms with Crippen molar-refractivity contribution in [1.29, 1.82) is 0 Å². The second-order valence-corrected chi connectivity index (χ2v) is 4.91. The summed E-state index contributed by atoms with van der Waals surface area (Å²) in [6.07, 6.45) is -10.1. The summed E-state index contributed by atoms with van der Waals surface area (Å²) >= 11 is 0. The Labute approximate surface area is 135 Å². The number of hydrogen-bond acceptors (Lipinski definition) is 2. The van der Waals surface area contributed by atoms with Crippen LogP contribution in [0.5, 0.6) is 5.75 Å². The molecule has 0 aromatic heterocycles. The quantitative estimate of drug-likeness (QED) is 0.748. The minimum atomic E-state index is -5.07. The van der Waals surface area contributed by atoms with E-state index in [4.69, 9.17) is 0 Å². The zero-order chi connectivity index (χ0) is 19.0. The van der Waals surface area contributed by atoms with Gasteiger partial charge in [0.2, 0.25) is 0 Å². The number of carbonyl (C=O) groups excluding carboxylic acids is 1. The number of phenolic OH excluding ortho intramolecular Hbond substituents is 1. The van der Waals surface area contributed by atoms with Gasteiger partial charge in [-0.1, -0.05) is 0 Å². The van der Waals surface area contributed by atoms with Crippen LogP contribution in [-0.4, -0.2) is 11.0 Å². The number of rotatable bonds is 2. The molecule has 0 spiro atoms. The SMILES string of the molecule is O=C(Nc1cc(C(F)(F)F)cc(C(F)(F)F)c1)c1ccc(F)cc1O. The van der Waals surface area contributed by atoms with E-state index >= 15 is 0 Å². The summed E-state index contributed by atoms with van der Waals surface area (Å²) in [6.45, 7) is 0. The van der Waals surface area contributed by atoms with E-state index in [-0.39, 0.29) is 6.07 Å². The molecule has 25 heavy (non-hydrogen) atoms. The highest BCUT2D eigenvalue weighted by atomic mass is 19.4. The van der Waals surface area contributed by atoms with Crippen LogP contribution in [-0.2, 0) is 12.4 Å². The van der Waals surface area contributed by atoms with Crippen molar-refractivity contribution >= 4 is 11.6 Å². The molecular weight excluding hydrogens is 359 g/mol. The third kappa shape index (κ3) is 4.40. The van der Waals surface area contributed by atoms with Gasteiger partial charge in [0.25, 0.3) is 5.91 Å². The first kappa shape index (κ1) is 18.6. The molecule has 0 bridgehead atoms. The third-order valence-corrected chi connectivity index (χ3v) is 3.05. The summed E-state index contributed by atoms with van der Waals surface area (Å²) in [7, 11) is 0. The molecule has 3 nitrogen and oxygen atoms in total. The van der Waals surface area contributed by atoms with Crippen molar-refractivity contribution in [3.05, 3.63) is 58.9 Å². The van der Waals surface area contributed by atoms with E-state index in [0.29, 0.717) is 18.2 Å². The summed E-state index contributed by atoms with van der Waals surface area (Å²) in [4.78, 5) is 11.9. The van der Waals surface area contributed by atoms with Gasteiger partial charge >= 0.3 is 12.4 Å². The average Bonchev–Trinajstić information content (AvgIpc) is 2.44. The number of anilines is 1. The van der Waals surface area contributed by atoms with Crippen LogP contribution in [0.1, 0.15) is 21.5 Å². The van der Waals surface area contributed by atoms with Crippen LogP contribution in [0.3, 0.4) is 0 Å². The fourth-order valence-electron chi connectivity index (χ4n) is 1.92. The zero-order valence-electron chi connectivity index (χ0n) is 12.0. The molecule has 0 fully saturated rings. The molecule has 0 heterocycles. The van der Waals surface area contributed by atoms with Crippen molar-refractivity contribution < 1.29 is 40.6 Å². The normalized spacial score (nSPS) is 12.1. The molecule has 0 aliphatic heterocycles. The predicted octanol–water partition coefficient (Wildman–Crippen LogP) is 4.82. The first-order valence-corrected chi connectivity index (χ1v) is 6.47. The third-order valence-electron chi connectivity index (χ3n) is 3.05. The van der Waals surface area contributed by atoms with E-state index in [2.05, 4.69) is 0 Å². The lowest BCUT2D eigenvalue weighted by Gasteiger charge is -2.15. The Bertz CT molecular complexity index is 780. The fraction of sp³-hybridized carbons (Fsp3) is 0.133. The van der Waals surface area contributed by atoms with Crippen LogP contribution >= 0.6 is 0 Å². The Kier molecular flexibility index (Phi) is 4.65. The van der Waals surface area contributed by atoms with Crippen molar-refractivity contribution in [3.63, 3.8) is 0 Å². The Morgan fingerprint density at radius 1 is 0.880 bits per heavy atom. The van der Waals surface area contributed by atoms with E-state index in [1.165, 1.54) is 0 Å². The van der Waals surface area contributed by atoms with Gasteiger partial charge in [-0.3, -0.25) is 4.79 Å². The maximum Gasteiger partial charge on any atom is 0.416 e. The van der Waals surface area contributed by atoms with Crippen LogP contribution in [0.25, 0.3) is 0 Å². The van der Waals surface area contributed by atoms with Crippen LogP contribution in [0, 0.1) is 5.82 Å². The molecule has 0 radical (unpaired) electrons. The van der Waals surface area contributed by atoms with E-state index in [9.17, 15) is 40.6 Å². The molecule has 2 aromatic rings. The lowest BCUT2D eigenvalue weighted by Crippen LogP contribution is -2.16. The summed E-state index contributed by atoms with van der Waals surface area (Å²) in [5, 5.41) is 11.3. The van der Waals surface area contributed by atoms with Crippen molar-refractivity contribution in [1.82, 2.24) is 0 Å². The van der Waals surface area contributed by atoms with Crippen LogP contribution in [0.4, 0.5) is 36.4 Å². The summed E-state index contributed by atoms with van der Waals surface area (Å²) in [6, 6.07) is 2.73.